The zero-order valence-electron chi connectivity index (χ0n) is 18.8. The van der Waals surface area contributed by atoms with Gasteiger partial charge >= 0.3 is 5.97 Å². The van der Waals surface area contributed by atoms with Crippen molar-refractivity contribution in [2.45, 2.75) is 18.9 Å². The number of carboxylic acids is 1. The first-order valence-electron chi connectivity index (χ1n) is 11.2. The number of aromatic carboxylic acids is 1. The largest absolute Gasteiger partial charge is 0.490 e. The van der Waals surface area contributed by atoms with E-state index < -0.39 is 11.4 Å². The Morgan fingerprint density at radius 2 is 2.00 bits per heavy atom. The van der Waals surface area contributed by atoms with E-state index in [2.05, 4.69) is 0 Å². The number of aromatic nitrogens is 1. The molecule has 1 atom stereocenters. The molecule has 1 unspecified atom stereocenters. The Labute approximate surface area is 196 Å². The van der Waals surface area contributed by atoms with Crippen LogP contribution in [0, 0.1) is 0 Å². The average molecular weight is 463 g/mol. The maximum absolute atomic E-state index is 12.8. The van der Waals surface area contributed by atoms with E-state index in [-0.39, 0.29) is 18.2 Å². The van der Waals surface area contributed by atoms with Crippen LogP contribution in [0.1, 0.15) is 33.9 Å². The predicted molar refractivity (Wildman–Crippen MR) is 124 cm³/mol. The third kappa shape index (κ3) is 3.90. The molecular weight excluding hydrogens is 438 g/mol. The molecule has 8 heteroatoms. The molecular formula is C26H25NO7. The number of nitrogens with zero attached hydrogens (tertiary/aromatic N) is 1. The summed E-state index contributed by atoms with van der Waals surface area (Å²) in [5.74, 6) is 0.558. The quantitative estimate of drug-likeness (QED) is 0.536. The average Bonchev–Trinajstić information content (AvgIpc) is 3.27. The molecule has 2 aliphatic rings. The standard InChI is InChI=1S/C26H25NO7/c1-31-9-5-10-32-23-13-22-24(17-8-11-33-25(17)23)19-12-21(28)18(26(29)30)14-27(19)20(15-34-22)16-6-3-2-4-7-16/h2-4,6-7,12-14,20H,5,8-11,15H2,1H3,(H,29,30). The number of hydrogen-bond acceptors (Lipinski definition) is 6. The molecule has 34 heavy (non-hydrogen) atoms. The molecule has 0 amide bonds. The summed E-state index contributed by atoms with van der Waals surface area (Å²) in [5, 5.41) is 9.61. The van der Waals surface area contributed by atoms with Crippen molar-refractivity contribution in [3.63, 3.8) is 0 Å². The molecule has 5 rings (SSSR count). The van der Waals surface area contributed by atoms with Crippen LogP contribution in [0.2, 0.25) is 0 Å². The van der Waals surface area contributed by atoms with Gasteiger partial charge in [0.15, 0.2) is 16.9 Å². The molecule has 176 valence electrons. The fraction of sp³-hybridized carbons (Fsp3) is 0.308. The molecule has 0 saturated carbocycles. The highest BCUT2D eigenvalue weighted by atomic mass is 16.5. The summed E-state index contributed by atoms with van der Waals surface area (Å²) in [6.45, 7) is 1.80. The fourth-order valence-corrected chi connectivity index (χ4v) is 4.56. The number of fused-ring (bicyclic) bond motifs is 5. The van der Waals surface area contributed by atoms with Gasteiger partial charge in [-0.25, -0.2) is 4.79 Å². The zero-order chi connectivity index (χ0) is 23.7. The summed E-state index contributed by atoms with van der Waals surface area (Å²) >= 11 is 0. The van der Waals surface area contributed by atoms with Gasteiger partial charge in [-0.3, -0.25) is 4.79 Å². The highest BCUT2D eigenvalue weighted by Crippen LogP contribution is 2.49. The third-order valence-electron chi connectivity index (χ3n) is 6.14. The van der Waals surface area contributed by atoms with Crippen LogP contribution in [0.15, 0.2) is 53.5 Å². The number of rotatable bonds is 7. The van der Waals surface area contributed by atoms with E-state index in [0.717, 1.165) is 23.1 Å². The Bertz CT molecular complexity index is 1280. The molecule has 2 aliphatic heterocycles. The lowest BCUT2D eigenvalue weighted by atomic mass is 9.98. The number of hydrogen-bond donors (Lipinski definition) is 1. The van der Waals surface area contributed by atoms with Crippen LogP contribution in [0.3, 0.4) is 0 Å². The van der Waals surface area contributed by atoms with Gasteiger partial charge in [-0.15, -0.1) is 0 Å². The van der Waals surface area contributed by atoms with Crippen molar-refractivity contribution in [3.05, 3.63) is 75.6 Å². The lowest BCUT2D eigenvalue weighted by molar-refractivity contribution is 0.0694. The van der Waals surface area contributed by atoms with E-state index >= 15 is 0 Å². The van der Waals surface area contributed by atoms with E-state index in [1.807, 2.05) is 34.9 Å². The van der Waals surface area contributed by atoms with Crippen molar-refractivity contribution in [3.8, 4) is 28.5 Å². The van der Waals surface area contributed by atoms with Crippen LogP contribution in [-0.2, 0) is 11.2 Å². The van der Waals surface area contributed by atoms with E-state index in [4.69, 9.17) is 18.9 Å². The number of carboxylic acid groups (broad SMARTS) is 1. The fourth-order valence-electron chi connectivity index (χ4n) is 4.56. The third-order valence-corrected chi connectivity index (χ3v) is 6.14. The minimum absolute atomic E-state index is 0.259. The van der Waals surface area contributed by atoms with E-state index in [9.17, 15) is 14.7 Å². The number of carbonyl (C=O) groups is 1. The predicted octanol–water partition coefficient (Wildman–Crippen LogP) is 3.55. The van der Waals surface area contributed by atoms with Gasteiger partial charge in [0, 0.05) is 56.0 Å². The van der Waals surface area contributed by atoms with Gasteiger partial charge in [-0.2, -0.15) is 0 Å². The summed E-state index contributed by atoms with van der Waals surface area (Å²) in [7, 11) is 1.65. The monoisotopic (exact) mass is 463 g/mol. The van der Waals surface area contributed by atoms with Crippen LogP contribution in [0.25, 0.3) is 11.3 Å². The normalized spacial score (nSPS) is 15.9. The summed E-state index contributed by atoms with van der Waals surface area (Å²) < 4.78 is 25.2. The maximum Gasteiger partial charge on any atom is 0.341 e. The van der Waals surface area contributed by atoms with Gasteiger partial charge in [-0.1, -0.05) is 30.3 Å². The lowest BCUT2D eigenvalue weighted by Gasteiger charge is -2.22. The number of methoxy groups -OCH3 is 1. The number of benzene rings is 2. The summed E-state index contributed by atoms with van der Waals surface area (Å²) in [6, 6.07) is 12.6. The first kappa shape index (κ1) is 22.0. The zero-order valence-corrected chi connectivity index (χ0v) is 18.8. The molecule has 3 aromatic rings. The Balaban J connectivity index is 1.69. The summed E-state index contributed by atoms with van der Waals surface area (Å²) in [4.78, 5) is 24.5. The van der Waals surface area contributed by atoms with Gasteiger partial charge in [0.1, 0.15) is 17.9 Å². The van der Waals surface area contributed by atoms with Crippen LogP contribution < -0.4 is 19.6 Å². The molecule has 0 fully saturated rings. The summed E-state index contributed by atoms with van der Waals surface area (Å²) in [6.07, 6.45) is 2.78. The van der Waals surface area contributed by atoms with Crippen molar-refractivity contribution in [1.82, 2.24) is 4.57 Å². The molecule has 0 bridgehead atoms. The minimum Gasteiger partial charge on any atom is -0.490 e. The molecule has 1 aromatic heterocycles. The SMILES string of the molecule is COCCCOc1cc2c(c3c1OCC3)-c1cc(=O)c(C(=O)O)cn1C(c1ccccc1)CO2. The molecule has 0 aliphatic carbocycles. The molecule has 0 radical (unpaired) electrons. The number of pyridine rings is 1. The smallest absolute Gasteiger partial charge is 0.341 e. The molecule has 8 nitrogen and oxygen atoms in total. The highest BCUT2D eigenvalue weighted by Gasteiger charge is 2.32. The minimum atomic E-state index is -1.26. The highest BCUT2D eigenvalue weighted by molar-refractivity contribution is 5.88. The molecule has 0 spiro atoms. The van der Waals surface area contributed by atoms with Crippen molar-refractivity contribution < 1.29 is 28.8 Å². The number of ether oxygens (including phenoxy) is 4. The van der Waals surface area contributed by atoms with E-state index in [1.165, 1.54) is 12.3 Å². The second kappa shape index (κ2) is 9.23. The molecule has 3 heterocycles. The molecule has 0 saturated heterocycles. The van der Waals surface area contributed by atoms with Gasteiger partial charge in [0.2, 0.25) is 0 Å². The van der Waals surface area contributed by atoms with E-state index in [0.29, 0.717) is 49.2 Å². The van der Waals surface area contributed by atoms with Gasteiger partial charge in [0.05, 0.1) is 24.9 Å². The second-order valence-corrected chi connectivity index (χ2v) is 8.24. The van der Waals surface area contributed by atoms with Crippen molar-refractivity contribution in [2.75, 3.05) is 33.5 Å². The first-order valence-corrected chi connectivity index (χ1v) is 11.2. The Kier molecular flexibility index (Phi) is 5.98. The Morgan fingerprint density at radius 1 is 1.18 bits per heavy atom. The van der Waals surface area contributed by atoms with Crippen molar-refractivity contribution >= 4 is 5.97 Å². The van der Waals surface area contributed by atoms with Crippen LogP contribution in [0.5, 0.6) is 17.2 Å². The topological polar surface area (TPSA) is 96.2 Å². The maximum atomic E-state index is 12.8. The Morgan fingerprint density at radius 3 is 2.76 bits per heavy atom. The van der Waals surface area contributed by atoms with Crippen LogP contribution in [0.4, 0.5) is 0 Å². The van der Waals surface area contributed by atoms with Crippen molar-refractivity contribution in [1.29, 1.82) is 0 Å². The summed E-state index contributed by atoms with van der Waals surface area (Å²) in [5.41, 5.74) is 2.35. The van der Waals surface area contributed by atoms with Gasteiger partial charge < -0.3 is 28.6 Å². The van der Waals surface area contributed by atoms with Crippen molar-refractivity contribution in [2.24, 2.45) is 0 Å². The van der Waals surface area contributed by atoms with Gasteiger partial charge in [-0.05, 0) is 5.56 Å². The molecule has 1 N–H and O–H groups in total. The Hall–Kier alpha value is -3.78. The van der Waals surface area contributed by atoms with Gasteiger partial charge in [0.25, 0.3) is 0 Å². The lowest BCUT2D eigenvalue weighted by Crippen LogP contribution is -2.23. The van der Waals surface area contributed by atoms with Crippen LogP contribution >= 0.6 is 0 Å². The molecule has 2 aromatic carbocycles. The second-order valence-electron chi connectivity index (χ2n) is 8.24. The van der Waals surface area contributed by atoms with Crippen LogP contribution in [-0.4, -0.2) is 49.2 Å². The first-order chi connectivity index (χ1) is 16.6. The van der Waals surface area contributed by atoms with E-state index in [1.54, 1.807) is 13.2 Å².